The van der Waals surface area contributed by atoms with Crippen molar-refractivity contribution in [1.29, 1.82) is 0 Å². The van der Waals surface area contributed by atoms with Crippen LogP contribution in [0.15, 0.2) is 65.6 Å². The fraction of sp³-hybridized carbons (Fsp3) is 0.320. The van der Waals surface area contributed by atoms with Gasteiger partial charge in [-0.3, -0.25) is 9.69 Å². The lowest BCUT2D eigenvalue weighted by Crippen LogP contribution is -2.41. The number of sulfonamides is 1. The number of carbonyl (C=O) groups is 3. The van der Waals surface area contributed by atoms with E-state index in [2.05, 4.69) is 16.7 Å². The van der Waals surface area contributed by atoms with Gasteiger partial charge in [-0.25, -0.2) is 22.7 Å². The molecule has 4 rings (SSSR count). The summed E-state index contributed by atoms with van der Waals surface area (Å²) in [5.74, 6) is -0.102. The molecule has 5 amide bonds. The molecule has 10 heteroatoms. The van der Waals surface area contributed by atoms with Crippen LogP contribution in [0.25, 0.3) is 0 Å². The summed E-state index contributed by atoms with van der Waals surface area (Å²) >= 11 is 0. The average molecular weight is 497 g/mol. The third kappa shape index (κ3) is 6.07. The van der Waals surface area contributed by atoms with Crippen LogP contribution in [0, 0.1) is 5.92 Å². The summed E-state index contributed by atoms with van der Waals surface area (Å²) in [6.07, 6.45) is 7.62. The number of nitrogens with one attached hydrogen (secondary N) is 3. The minimum absolute atomic E-state index is 0.0292. The molecule has 184 valence electrons. The van der Waals surface area contributed by atoms with E-state index in [-0.39, 0.29) is 29.8 Å². The molecule has 3 N–H and O–H groups in total. The van der Waals surface area contributed by atoms with Crippen molar-refractivity contribution in [2.45, 2.75) is 37.1 Å². The largest absolute Gasteiger partial charge is 0.337 e. The molecule has 1 heterocycles. The zero-order chi connectivity index (χ0) is 24.8. The predicted octanol–water partition coefficient (Wildman–Crippen LogP) is 2.94. The number of carbonyl (C=O) groups excluding carboxylic acids is 3. The van der Waals surface area contributed by atoms with Crippen molar-refractivity contribution in [3.05, 3.63) is 77.4 Å². The van der Waals surface area contributed by atoms with Crippen LogP contribution in [-0.2, 0) is 23.0 Å². The van der Waals surface area contributed by atoms with Crippen LogP contribution in [0.4, 0.5) is 9.59 Å². The van der Waals surface area contributed by atoms with Crippen molar-refractivity contribution in [2.75, 3.05) is 13.1 Å². The first-order chi connectivity index (χ1) is 16.8. The van der Waals surface area contributed by atoms with E-state index in [9.17, 15) is 22.8 Å². The van der Waals surface area contributed by atoms with Crippen molar-refractivity contribution in [3.8, 4) is 0 Å². The minimum atomic E-state index is -4.00. The van der Waals surface area contributed by atoms with Gasteiger partial charge >= 0.3 is 12.1 Å². The maximum atomic E-state index is 12.5. The van der Waals surface area contributed by atoms with Gasteiger partial charge in [0.15, 0.2) is 0 Å². The summed E-state index contributed by atoms with van der Waals surface area (Å²) in [6.45, 7) is 0.907. The lowest BCUT2D eigenvalue weighted by Gasteiger charge is -2.17. The van der Waals surface area contributed by atoms with Crippen molar-refractivity contribution in [3.63, 3.8) is 0 Å². The molecule has 0 saturated heterocycles. The van der Waals surface area contributed by atoms with Crippen molar-refractivity contribution in [1.82, 2.24) is 20.3 Å². The van der Waals surface area contributed by atoms with E-state index in [1.807, 2.05) is 22.9 Å². The highest BCUT2D eigenvalue weighted by Crippen LogP contribution is 2.22. The summed E-state index contributed by atoms with van der Waals surface area (Å²) in [7, 11) is -4.00. The molecule has 1 aliphatic heterocycles. The first-order valence-electron chi connectivity index (χ1n) is 11.6. The number of amides is 5. The molecule has 35 heavy (non-hydrogen) atoms. The van der Waals surface area contributed by atoms with Gasteiger partial charge in [0.05, 0.1) is 11.4 Å². The number of rotatable bonds is 7. The quantitative estimate of drug-likeness (QED) is 0.509. The van der Waals surface area contributed by atoms with Crippen LogP contribution in [0.1, 0.15) is 40.7 Å². The Morgan fingerprint density at radius 1 is 1.03 bits per heavy atom. The van der Waals surface area contributed by atoms with Gasteiger partial charge in [0, 0.05) is 18.7 Å². The molecule has 0 bridgehead atoms. The molecule has 0 aromatic heterocycles. The second-order valence-electron chi connectivity index (χ2n) is 8.61. The van der Waals surface area contributed by atoms with Crippen LogP contribution in [-0.4, -0.2) is 44.4 Å². The average Bonchev–Trinajstić information content (AvgIpc) is 3.20. The van der Waals surface area contributed by atoms with E-state index in [0.29, 0.717) is 18.5 Å². The zero-order valence-corrected chi connectivity index (χ0v) is 20.0. The van der Waals surface area contributed by atoms with Gasteiger partial charge in [0.1, 0.15) is 0 Å². The summed E-state index contributed by atoms with van der Waals surface area (Å²) in [5, 5.41) is 5.34. The fourth-order valence-electron chi connectivity index (χ4n) is 4.16. The second kappa shape index (κ2) is 10.7. The maximum Gasteiger partial charge on any atom is 0.328 e. The zero-order valence-electron chi connectivity index (χ0n) is 19.2. The number of imide groups is 1. The molecule has 0 fully saturated rings. The van der Waals surface area contributed by atoms with Gasteiger partial charge in [0.2, 0.25) is 0 Å². The predicted molar refractivity (Wildman–Crippen MR) is 130 cm³/mol. The number of hydrogen-bond acceptors (Lipinski definition) is 5. The fourth-order valence-corrected chi connectivity index (χ4v) is 5.09. The Kier molecular flexibility index (Phi) is 7.50. The van der Waals surface area contributed by atoms with E-state index >= 15 is 0 Å². The van der Waals surface area contributed by atoms with Gasteiger partial charge in [-0.1, -0.05) is 42.5 Å². The van der Waals surface area contributed by atoms with Crippen molar-refractivity contribution >= 4 is 28.0 Å². The third-order valence-corrected chi connectivity index (χ3v) is 7.44. The van der Waals surface area contributed by atoms with Gasteiger partial charge in [0.25, 0.3) is 15.9 Å². The van der Waals surface area contributed by atoms with Crippen molar-refractivity contribution < 1.29 is 22.8 Å². The third-order valence-electron chi connectivity index (χ3n) is 6.10. The van der Waals surface area contributed by atoms with Crippen LogP contribution in [0.3, 0.4) is 0 Å². The second-order valence-corrected chi connectivity index (χ2v) is 10.3. The SMILES string of the molecule is O=C(NCC1C=CCCC1)NS(=O)(=O)c1ccc(CCNC(=O)N2Cc3ccccc3C2=O)cc1. The maximum absolute atomic E-state index is 12.5. The normalized spacial score (nSPS) is 17.1. The number of hydrogen-bond donors (Lipinski definition) is 3. The van der Waals surface area contributed by atoms with Crippen LogP contribution in [0.5, 0.6) is 0 Å². The molecular formula is C25H28N4O5S. The Labute approximate surface area is 204 Å². The molecule has 2 aliphatic rings. The van der Waals surface area contributed by atoms with Crippen LogP contribution >= 0.6 is 0 Å². The number of fused-ring (bicyclic) bond motifs is 1. The standard InChI is InChI=1S/C25H28N4O5S/c30-23-22-9-5-4-8-20(22)17-29(23)25(32)26-15-14-18-10-12-21(13-11-18)35(33,34)28-24(31)27-16-19-6-2-1-3-7-19/h2,4-6,8-13,19H,1,3,7,14-17H2,(H,26,32)(H2,27,28,31). The molecule has 0 saturated carbocycles. The van der Waals surface area contributed by atoms with Crippen LogP contribution < -0.4 is 15.4 Å². The molecule has 1 unspecified atom stereocenters. The first kappa shape index (κ1) is 24.5. The number of allylic oxidation sites excluding steroid dienone is 1. The minimum Gasteiger partial charge on any atom is -0.337 e. The molecule has 2 aromatic rings. The van der Waals surface area contributed by atoms with Gasteiger partial charge in [-0.05, 0) is 60.9 Å². The number of urea groups is 2. The Hall–Kier alpha value is -3.66. The molecule has 0 radical (unpaired) electrons. The highest BCUT2D eigenvalue weighted by Gasteiger charge is 2.31. The van der Waals surface area contributed by atoms with E-state index in [1.54, 1.807) is 24.3 Å². The Morgan fingerprint density at radius 3 is 2.51 bits per heavy atom. The van der Waals surface area contributed by atoms with Gasteiger partial charge < -0.3 is 10.6 Å². The summed E-state index contributed by atoms with van der Waals surface area (Å²) in [6, 6.07) is 12.0. The molecule has 1 atom stereocenters. The monoisotopic (exact) mass is 496 g/mol. The van der Waals surface area contributed by atoms with E-state index in [1.165, 1.54) is 17.0 Å². The molecule has 2 aromatic carbocycles. The molecule has 0 spiro atoms. The summed E-state index contributed by atoms with van der Waals surface area (Å²) in [4.78, 5) is 38.0. The van der Waals surface area contributed by atoms with Crippen LogP contribution in [0.2, 0.25) is 0 Å². The topological polar surface area (TPSA) is 125 Å². The lowest BCUT2D eigenvalue weighted by atomic mass is 9.96. The van der Waals surface area contributed by atoms with E-state index < -0.39 is 22.1 Å². The van der Waals surface area contributed by atoms with E-state index in [0.717, 1.165) is 30.4 Å². The number of nitrogens with zero attached hydrogens (tertiary/aromatic N) is 1. The highest BCUT2D eigenvalue weighted by atomic mass is 32.2. The molecule has 1 aliphatic carbocycles. The van der Waals surface area contributed by atoms with Crippen molar-refractivity contribution in [2.24, 2.45) is 5.92 Å². The Morgan fingerprint density at radius 2 is 1.80 bits per heavy atom. The Balaban J connectivity index is 1.23. The number of benzene rings is 2. The smallest absolute Gasteiger partial charge is 0.328 e. The molecule has 9 nitrogen and oxygen atoms in total. The summed E-state index contributed by atoms with van der Waals surface area (Å²) < 4.78 is 27.0. The first-order valence-corrected chi connectivity index (χ1v) is 13.1. The summed E-state index contributed by atoms with van der Waals surface area (Å²) in [5.41, 5.74) is 2.15. The Bertz CT molecular complexity index is 1240. The highest BCUT2D eigenvalue weighted by molar-refractivity contribution is 7.90. The van der Waals surface area contributed by atoms with Gasteiger partial charge in [-0.2, -0.15) is 0 Å². The van der Waals surface area contributed by atoms with E-state index in [4.69, 9.17) is 0 Å². The van der Waals surface area contributed by atoms with Gasteiger partial charge in [-0.15, -0.1) is 0 Å². The lowest BCUT2D eigenvalue weighted by molar-refractivity contribution is 0.0821. The molecular weight excluding hydrogens is 468 g/mol.